The molecule has 0 aliphatic carbocycles. The van der Waals surface area contributed by atoms with Crippen molar-refractivity contribution in [2.75, 3.05) is 19.8 Å². The first-order valence-electron chi connectivity index (χ1n) is 7.99. The van der Waals surface area contributed by atoms with E-state index in [2.05, 4.69) is 20.4 Å². The van der Waals surface area contributed by atoms with Gasteiger partial charge in [-0.25, -0.2) is 9.78 Å². The predicted molar refractivity (Wildman–Crippen MR) is 96.6 cm³/mol. The molecule has 130 valence electrons. The van der Waals surface area contributed by atoms with E-state index in [0.717, 1.165) is 26.8 Å². The molecule has 0 radical (unpaired) electrons. The van der Waals surface area contributed by atoms with Crippen LogP contribution in [0.3, 0.4) is 0 Å². The molecule has 0 fully saturated rings. The predicted octanol–water partition coefficient (Wildman–Crippen LogP) is 2.97. The fourth-order valence-corrected chi connectivity index (χ4v) is 3.28. The molecule has 0 saturated heterocycles. The number of rotatable bonds is 6. The summed E-state index contributed by atoms with van der Waals surface area (Å²) < 4.78 is 6.49. The van der Waals surface area contributed by atoms with Crippen molar-refractivity contribution in [3.8, 4) is 21.1 Å². The second-order valence-electron chi connectivity index (χ2n) is 5.25. The zero-order valence-corrected chi connectivity index (χ0v) is 14.9. The first-order chi connectivity index (χ1) is 12.2. The Morgan fingerprint density at radius 2 is 2.28 bits per heavy atom. The van der Waals surface area contributed by atoms with Crippen molar-refractivity contribution in [3.05, 3.63) is 42.5 Å². The third-order valence-electron chi connectivity index (χ3n) is 3.46. The highest BCUT2D eigenvalue weighted by atomic mass is 32.1. The lowest BCUT2D eigenvalue weighted by molar-refractivity contribution is 0.149. The van der Waals surface area contributed by atoms with Gasteiger partial charge in [0.05, 0.1) is 17.2 Å². The monoisotopic (exact) mass is 357 g/mol. The summed E-state index contributed by atoms with van der Waals surface area (Å²) in [5, 5.41) is 8.01. The Balaban J connectivity index is 1.74. The highest BCUT2D eigenvalue weighted by Crippen LogP contribution is 2.33. The summed E-state index contributed by atoms with van der Waals surface area (Å²) in [6.45, 7) is 5.42. The molecule has 1 amide bonds. The molecule has 25 heavy (non-hydrogen) atoms. The topological polar surface area (TPSA) is 81.9 Å². The number of pyridine rings is 1. The van der Waals surface area contributed by atoms with E-state index in [4.69, 9.17) is 4.74 Å². The van der Waals surface area contributed by atoms with Crippen molar-refractivity contribution < 1.29 is 9.53 Å². The van der Waals surface area contributed by atoms with E-state index in [0.29, 0.717) is 19.8 Å². The van der Waals surface area contributed by atoms with Crippen LogP contribution in [-0.4, -0.2) is 45.5 Å². The first kappa shape index (κ1) is 17.2. The number of hydrogen-bond acceptors (Lipinski definition) is 6. The van der Waals surface area contributed by atoms with E-state index in [1.54, 1.807) is 18.6 Å². The van der Waals surface area contributed by atoms with Crippen LogP contribution in [0.15, 0.2) is 36.8 Å². The lowest BCUT2D eigenvalue weighted by atomic mass is 10.3. The largest absolute Gasteiger partial charge is 0.380 e. The van der Waals surface area contributed by atoms with Crippen LogP contribution in [0.5, 0.6) is 0 Å². The fourth-order valence-electron chi connectivity index (χ4n) is 2.26. The van der Waals surface area contributed by atoms with Crippen LogP contribution < -0.4 is 5.32 Å². The molecular formula is C17H19N5O2S. The van der Waals surface area contributed by atoms with Crippen LogP contribution in [0.2, 0.25) is 0 Å². The molecule has 0 saturated carbocycles. The maximum absolute atomic E-state index is 12.1. The molecule has 8 heteroatoms. The number of carbonyl (C=O) groups is 1. The molecular weight excluding hydrogens is 338 g/mol. The molecule has 3 aromatic rings. The fraction of sp³-hybridized carbons (Fsp3) is 0.294. The van der Waals surface area contributed by atoms with Crippen LogP contribution in [-0.2, 0) is 4.74 Å². The average molecular weight is 357 g/mol. The van der Waals surface area contributed by atoms with Crippen molar-refractivity contribution >= 4 is 17.4 Å². The molecule has 0 aliphatic heterocycles. The van der Waals surface area contributed by atoms with Crippen LogP contribution in [0.1, 0.15) is 12.6 Å². The highest BCUT2D eigenvalue weighted by Gasteiger charge is 2.15. The number of thiazole rings is 1. The van der Waals surface area contributed by atoms with E-state index in [9.17, 15) is 4.79 Å². The molecule has 0 spiro atoms. The summed E-state index contributed by atoms with van der Waals surface area (Å²) >= 11 is 1.54. The molecule has 3 rings (SSSR count). The van der Waals surface area contributed by atoms with Gasteiger partial charge in [-0.15, -0.1) is 11.3 Å². The summed E-state index contributed by atoms with van der Waals surface area (Å²) in [7, 11) is 0. The van der Waals surface area contributed by atoms with Gasteiger partial charge in [0.25, 0.3) is 0 Å². The van der Waals surface area contributed by atoms with Gasteiger partial charge in [-0.3, -0.25) is 4.98 Å². The minimum Gasteiger partial charge on any atom is -0.380 e. The number of nitrogens with zero attached hydrogens (tertiary/aromatic N) is 4. The van der Waals surface area contributed by atoms with Crippen molar-refractivity contribution in [3.63, 3.8) is 0 Å². The van der Waals surface area contributed by atoms with Gasteiger partial charge in [0, 0.05) is 37.3 Å². The van der Waals surface area contributed by atoms with Gasteiger partial charge >= 0.3 is 6.03 Å². The number of nitrogens with one attached hydrogen (secondary N) is 1. The Bertz CT molecular complexity index is 844. The Kier molecular flexibility index (Phi) is 5.52. The Hall–Kier alpha value is -2.58. The molecule has 3 heterocycles. The third kappa shape index (κ3) is 4.09. The lowest BCUT2D eigenvalue weighted by Crippen LogP contribution is -2.31. The molecule has 0 aromatic carbocycles. The molecule has 3 aromatic heterocycles. The van der Waals surface area contributed by atoms with Gasteiger partial charge in [-0.2, -0.15) is 9.78 Å². The maximum atomic E-state index is 12.1. The van der Waals surface area contributed by atoms with Gasteiger partial charge in [0.2, 0.25) is 0 Å². The van der Waals surface area contributed by atoms with Gasteiger partial charge in [0.1, 0.15) is 10.7 Å². The second-order valence-corrected chi connectivity index (χ2v) is 6.25. The number of hydrogen-bond donors (Lipinski definition) is 1. The quantitative estimate of drug-likeness (QED) is 0.686. The van der Waals surface area contributed by atoms with Crippen molar-refractivity contribution in [2.24, 2.45) is 0 Å². The van der Waals surface area contributed by atoms with Gasteiger partial charge < -0.3 is 10.1 Å². The number of amides is 1. The zero-order valence-electron chi connectivity index (χ0n) is 14.1. The summed E-state index contributed by atoms with van der Waals surface area (Å²) in [6, 6.07) is 5.39. The third-order valence-corrected chi connectivity index (χ3v) is 4.69. The van der Waals surface area contributed by atoms with Gasteiger partial charge in [0.15, 0.2) is 0 Å². The van der Waals surface area contributed by atoms with E-state index in [1.807, 2.05) is 32.0 Å². The number of carbonyl (C=O) groups excluding carboxylic acids is 1. The molecule has 0 unspecified atom stereocenters. The molecule has 1 N–H and O–H groups in total. The molecule has 0 aliphatic rings. The molecule has 7 nitrogen and oxygen atoms in total. The van der Waals surface area contributed by atoms with Crippen LogP contribution in [0, 0.1) is 6.92 Å². The van der Waals surface area contributed by atoms with Gasteiger partial charge in [-0.1, -0.05) is 0 Å². The summed E-state index contributed by atoms with van der Waals surface area (Å²) in [5.41, 5.74) is 2.57. The van der Waals surface area contributed by atoms with Crippen LogP contribution in [0.4, 0.5) is 4.79 Å². The minimum atomic E-state index is -0.277. The highest BCUT2D eigenvalue weighted by molar-refractivity contribution is 7.18. The maximum Gasteiger partial charge on any atom is 0.342 e. The van der Waals surface area contributed by atoms with Gasteiger partial charge in [-0.05, 0) is 32.0 Å². The summed E-state index contributed by atoms with van der Waals surface area (Å²) in [5.74, 6) is 0. The lowest BCUT2D eigenvalue weighted by Gasteiger charge is -2.04. The molecule has 0 atom stereocenters. The second kappa shape index (κ2) is 8.00. The van der Waals surface area contributed by atoms with E-state index < -0.39 is 0 Å². The standard InChI is InChI=1S/C17H19N5O2S/c1-3-24-10-8-19-17(23)22-9-6-14(21-22)15-12(2)20-16(25-15)13-5-4-7-18-11-13/h4-7,9,11H,3,8,10H2,1-2H3,(H,19,23). The van der Waals surface area contributed by atoms with E-state index in [-0.39, 0.29) is 6.03 Å². The van der Waals surface area contributed by atoms with E-state index >= 15 is 0 Å². The summed E-state index contributed by atoms with van der Waals surface area (Å²) in [4.78, 5) is 21.7. The van der Waals surface area contributed by atoms with E-state index in [1.165, 1.54) is 16.0 Å². The van der Waals surface area contributed by atoms with Crippen molar-refractivity contribution in [1.29, 1.82) is 0 Å². The Morgan fingerprint density at radius 3 is 3.04 bits per heavy atom. The Labute approximate surface area is 149 Å². The number of aryl methyl sites for hydroxylation is 1. The average Bonchev–Trinajstić information content (AvgIpc) is 3.26. The zero-order chi connectivity index (χ0) is 17.6. The Morgan fingerprint density at radius 1 is 1.40 bits per heavy atom. The minimum absolute atomic E-state index is 0.277. The van der Waals surface area contributed by atoms with Crippen molar-refractivity contribution in [1.82, 2.24) is 25.1 Å². The normalized spacial score (nSPS) is 10.8. The van der Waals surface area contributed by atoms with Crippen molar-refractivity contribution in [2.45, 2.75) is 13.8 Å². The van der Waals surface area contributed by atoms with Crippen LogP contribution in [0.25, 0.3) is 21.1 Å². The van der Waals surface area contributed by atoms with Crippen LogP contribution >= 0.6 is 11.3 Å². The number of ether oxygens (including phenoxy) is 1. The SMILES string of the molecule is CCOCCNC(=O)n1ccc(-c2sc(-c3cccnc3)nc2C)n1. The molecule has 0 bridgehead atoms. The number of aromatic nitrogens is 4. The summed E-state index contributed by atoms with van der Waals surface area (Å²) in [6.07, 6.45) is 5.16. The smallest absolute Gasteiger partial charge is 0.342 e. The first-order valence-corrected chi connectivity index (χ1v) is 8.80.